The van der Waals surface area contributed by atoms with E-state index in [0.29, 0.717) is 17.2 Å². The molecule has 2 aromatic rings. The van der Waals surface area contributed by atoms with Crippen LogP contribution in [0.2, 0.25) is 0 Å². The predicted molar refractivity (Wildman–Crippen MR) is 87.3 cm³/mol. The fourth-order valence-electron chi connectivity index (χ4n) is 1.90. The van der Waals surface area contributed by atoms with Crippen LogP contribution < -0.4 is 14.9 Å². The average molecular weight is 316 g/mol. The first-order valence-electron chi connectivity index (χ1n) is 7.16. The van der Waals surface area contributed by atoms with E-state index < -0.39 is 0 Å². The van der Waals surface area contributed by atoms with Crippen molar-refractivity contribution in [2.24, 2.45) is 5.10 Å². The number of H-pyrrole nitrogens is 1. The quantitative estimate of drug-likeness (QED) is 0.632. The third kappa shape index (κ3) is 4.09. The number of nitrogens with zero attached hydrogens (tertiary/aromatic N) is 2. The highest BCUT2D eigenvalue weighted by Gasteiger charge is 2.11. The molecule has 1 aromatic heterocycles. The molecule has 1 amide bonds. The second-order valence-corrected chi connectivity index (χ2v) is 5.18. The zero-order valence-electron chi connectivity index (χ0n) is 13.6. The third-order valence-electron chi connectivity index (χ3n) is 3.24. The summed E-state index contributed by atoms with van der Waals surface area (Å²) in [6.45, 7) is 4.04. The van der Waals surface area contributed by atoms with Crippen molar-refractivity contribution in [3.8, 4) is 11.5 Å². The van der Waals surface area contributed by atoms with Crippen molar-refractivity contribution >= 4 is 12.1 Å². The number of rotatable bonds is 6. The molecule has 0 aliphatic rings. The molecule has 0 fully saturated rings. The number of hydrogen-bond acceptors (Lipinski definition) is 5. The lowest BCUT2D eigenvalue weighted by Gasteiger charge is -2.07. The molecule has 0 saturated carbocycles. The molecule has 2 N–H and O–H groups in total. The van der Waals surface area contributed by atoms with Gasteiger partial charge in [-0.15, -0.1) is 0 Å². The summed E-state index contributed by atoms with van der Waals surface area (Å²) >= 11 is 0. The Labute approximate surface area is 134 Å². The van der Waals surface area contributed by atoms with E-state index in [1.54, 1.807) is 32.4 Å². The number of hydrazone groups is 1. The smallest absolute Gasteiger partial charge is 0.291 e. The van der Waals surface area contributed by atoms with E-state index in [-0.39, 0.29) is 11.8 Å². The minimum atomic E-state index is -0.370. The number of amides is 1. The molecule has 23 heavy (non-hydrogen) atoms. The van der Waals surface area contributed by atoms with E-state index in [4.69, 9.17) is 9.47 Å². The molecule has 7 heteroatoms. The van der Waals surface area contributed by atoms with Gasteiger partial charge in [0.25, 0.3) is 5.91 Å². The van der Waals surface area contributed by atoms with Gasteiger partial charge in [0.05, 0.1) is 20.4 Å². The Balaban J connectivity index is 2.01. The van der Waals surface area contributed by atoms with Crippen molar-refractivity contribution < 1.29 is 14.3 Å². The fraction of sp³-hybridized carbons (Fsp3) is 0.312. The van der Waals surface area contributed by atoms with E-state index >= 15 is 0 Å². The summed E-state index contributed by atoms with van der Waals surface area (Å²) in [5.74, 6) is 1.13. The molecule has 0 radical (unpaired) electrons. The molecular weight excluding hydrogens is 296 g/mol. The zero-order valence-corrected chi connectivity index (χ0v) is 13.6. The van der Waals surface area contributed by atoms with Crippen LogP contribution in [-0.4, -0.2) is 36.5 Å². The average Bonchev–Trinajstić information content (AvgIpc) is 3.05. The summed E-state index contributed by atoms with van der Waals surface area (Å²) in [4.78, 5) is 11.9. The van der Waals surface area contributed by atoms with Crippen LogP contribution in [0.1, 0.15) is 41.5 Å². The largest absolute Gasteiger partial charge is 0.493 e. The van der Waals surface area contributed by atoms with Crippen LogP contribution in [0.15, 0.2) is 29.4 Å². The van der Waals surface area contributed by atoms with Crippen molar-refractivity contribution in [1.82, 2.24) is 15.6 Å². The van der Waals surface area contributed by atoms with Crippen LogP contribution in [-0.2, 0) is 0 Å². The molecule has 0 aliphatic heterocycles. The highest BCUT2D eigenvalue weighted by atomic mass is 16.5. The number of carbonyl (C=O) groups is 1. The number of benzene rings is 1. The van der Waals surface area contributed by atoms with Crippen LogP contribution in [0.25, 0.3) is 0 Å². The fourth-order valence-corrected chi connectivity index (χ4v) is 1.90. The van der Waals surface area contributed by atoms with E-state index in [9.17, 15) is 4.79 Å². The molecule has 0 atom stereocenters. The molecule has 0 unspecified atom stereocenters. The number of nitrogens with one attached hydrogen (secondary N) is 2. The molecule has 122 valence electrons. The van der Waals surface area contributed by atoms with Gasteiger partial charge in [-0.3, -0.25) is 9.89 Å². The molecule has 0 bridgehead atoms. The first-order chi connectivity index (χ1) is 11.0. The lowest BCUT2D eigenvalue weighted by molar-refractivity contribution is 0.0950. The van der Waals surface area contributed by atoms with E-state index in [1.165, 1.54) is 6.21 Å². The molecule has 0 spiro atoms. The number of methoxy groups -OCH3 is 2. The summed E-state index contributed by atoms with van der Waals surface area (Å²) < 4.78 is 10.4. The third-order valence-corrected chi connectivity index (χ3v) is 3.24. The normalized spacial score (nSPS) is 11.0. The standard InChI is InChI=1S/C16H20N4O3/c1-10(2)12-8-13(19-18-12)16(21)20-17-9-11-5-6-14(22-3)15(7-11)23-4/h5-10H,1-4H3,(H,18,19)(H,20,21). The lowest BCUT2D eigenvalue weighted by atomic mass is 10.1. The Morgan fingerprint density at radius 1 is 1.26 bits per heavy atom. The summed E-state index contributed by atoms with van der Waals surface area (Å²) in [5, 5.41) is 10.7. The van der Waals surface area contributed by atoms with Gasteiger partial charge in [0, 0.05) is 5.69 Å². The highest BCUT2D eigenvalue weighted by Crippen LogP contribution is 2.26. The van der Waals surface area contributed by atoms with E-state index in [0.717, 1.165) is 11.3 Å². The van der Waals surface area contributed by atoms with E-state index in [2.05, 4.69) is 20.7 Å². The van der Waals surface area contributed by atoms with Gasteiger partial charge in [0.1, 0.15) is 0 Å². The Bertz CT molecular complexity index is 707. The van der Waals surface area contributed by atoms with Gasteiger partial charge < -0.3 is 9.47 Å². The summed E-state index contributed by atoms with van der Waals surface area (Å²) in [6, 6.07) is 7.05. The molecule has 0 aliphatic carbocycles. The number of hydrogen-bond donors (Lipinski definition) is 2. The molecule has 2 rings (SSSR count). The second-order valence-electron chi connectivity index (χ2n) is 5.18. The highest BCUT2D eigenvalue weighted by molar-refractivity contribution is 5.93. The zero-order chi connectivity index (χ0) is 16.8. The summed E-state index contributed by atoms with van der Waals surface area (Å²) in [7, 11) is 3.13. The van der Waals surface area contributed by atoms with Gasteiger partial charge in [-0.25, -0.2) is 5.43 Å². The maximum absolute atomic E-state index is 11.9. The molecule has 7 nitrogen and oxygen atoms in total. The van der Waals surface area contributed by atoms with Crippen LogP contribution in [0.4, 0.5) is 0 Å². The molecule has 0 saturated heterocycles. The first-order valence-corrected chi connectivity index (χ1v) is 7.16. The molecule has 1 heterocycles. The Morgan fingerprint density at radius 2 is 2.00 bits per heavy atom. The Kier molecular flexibility index (Phi) is 5.35. The van der Waals surface area contributed by atoms with Gasteiger partial charge >= 0.3 is 0 Å². The summed E-state index contributed by atoms with van der Waals surface area (Å²) in [5.41, 5.74) is 4.42. The van der Waals surface area contributed by atoms with Gasteiger partial charge in [0.2, 0.25) is 0 Å². The second kappa shape index (κ2) is 7.44. The van der Waals surface area contributed by atoms with Gasteiger partial charge in [-0.1, -0.05) is 13.8 Å². The predicted octanol–water partition coefficient (Wildman–Crippen LogP) is 2.31. The van der Waals surface area contributed by atoms with Crippen molar-refractivity contribution in [2.45, 2.75) is 19.8 Å². The lowest BCUT2D eigenvalue weighted by Crippen LogP contribution is -2.18. The first kappa shape index (κ1) is 16.5. The topological polar surface area (TPSA) is 88.6 Å². The SMILES string of the molecule is COc1ccc(C=NNC(=O)c2cc(C(C)C)[nH]n2)cc1OC. The maximum Gasteiger partial charge on any atom is 0.291 e. The van der Waals surface area contributed by atoms with Gasteiger partial charge in [-0.2, -0.15) is 10.2 Å². The minimum Gasteiger partial charge on any atom is -0.493 e. The monoisotopic (exact) mass is 316 g/mol. The number of aromatic nitrogens is 2. The van der Waals surface area contributed by atoms with Gasteiger partial charge in [0.15, 0.2) is 17.2 Å². The van der Waals surface area contributed by atoms with Crippen molar-refractivity contribution in [2.75, 3.05) is 14.2 Å². The number of aromatic amines is 1. The molecule has 1 aromatic carbocycles. The van der Waals surface area contributed by atoms with Crippen LogP contribution in [0, 0.1) is 0 Å². The van der Waals surface area contributed by atoms with Crippen molar-refractivity contribution in [3.63, 3.8) is 0 Å². The summed E-state index contributed by atoms with van der Waals surface area (Å²) in [6.07, 6.45) is 1.52. The minimum absolute atomic E-state index is 0.277. The van der Waals surface area contributed by atoms with Crippen LogP contribution in [0.3, 0.4) is 0 Å². The van der Waals surface area contributed by atoms with Crippen molar-refractivity contribution in [3.05, 3.63) is 41.2 Å². The molecular formula is C16H20N4O3. The Morgan fingerprint density at radius 3 is 2.61 bits per heavy atom. The van der Waals surface area contributed by atoms with Crippen LogP contribution >= 0.6 is 0 Å². The van der Waals surface area contributed by atoms with Crippen LogP contribution in [0.5, 0.6) is 11.5 Å². The maximum atomic E-state index is 11.9. The van der Waals surface area contributed by atoms with E-state index in [1.807, 2.05) is 19.9 Å². The van der Waals surface area contributed by atoms with Crippen molar-refractivity contribution in [1.29, 1.82) is 0 Å². The number of carbonyl (C=O) groups excluding carboxylic acids is 1. The number of ether oxygens (including phenoxy) is 2. The van der Waals surface area contributed by atoms with Gasteiger partial charge in [-0.05, 0) is 35.7 Å². The Hall–Kier alpha value is -2.83.